The van der Waals surface area contributed by atoms with Crippen LogP contribution in [0.25, 0.3) is 11.0 Å². The molecule has 2 aromatic rings. The summed E-state index contributed by atoms with van der Waals surface area (Å²) in [5.74, 6) is -0.102. The van der Waals surface area contributed by atoms with E-state index in [4.69, 9.17) is 4.42 Å². The van der Waals surface area contributed by atoms with E-state index in [1.807, 2.05) is 11.9 Å². The van der Waals surface area contributed by atoms with E-state index in [2.05, 4.69) is 5.32 Å². The first kappa shape index (κ1) is 16.8. The lowest BCUT2D eigenvalue weighted by molar-refractivity contribution is 0.0667. The summed E-state index contributed by atoms with van der Waals surface area (Å²) < 4.78 is 19.0. The molecule has 1 N–H and O–H groups in total. The molecule has 0 aliphatic carbocycles. The van der Waals surface area contributed by atoms with Crippen molar-refractivity contribution in [3.05, 3.63) is 35.3 Å². The second-order valence-electron chi connectivity index (χ2n) is 5.58. The van der Waals surface area contributed by atoms with Crippen molar-refractivity contribution in [3.8, 4) is 0 Å². The molecule has 1 fully saturated rings. The van der Waals surface area contributed by atoms with Crippen molar-refractivity contribution in [1.82, 2.24) is 10.2 Å². The Bertz CT molecular complexity index is 686. The first-order chi connectivity index (χ1) is 10.1. The lowest BCUT2D eigenvalue weighted by Gasteiger charge is -2.32. The second kappa shape index (κ2) is 6.67. The maximum atomic E-state index is 13.3. The fraction of sp³-hybridized carbons (Fsp3) is 0.438. The standard InChI is InChI=1S/C16H19FN2O2.ClH/c1-10-13-8-11(17)5-6-14(13)21-15(10)16(20)19-7-3-4-12(9-19)18-2;/h5-6,8,12,18H,3-4,7,9H2,1-2H3;1H. The minimum absolute atomic E-state index is 0. The van der Waals surface area contributed by atoms with Gasteiger partial charge in [0.05, 0.1) is 0 Å². The Balaban J connectivity index is 0.00000176. The van der Waals surface area contributed by atoms with Crippen LogP contribution in [0, 0.1) is 12.7 Å². The van der Waals surface area contributed by atoms with Gasteiger partial charge in [-0.25, -0.2) is 4.39 Å². The molecule has 0 saturated carbocycles. The number of aryl methyl sites for hydroxylation is 1. The molecule has 4 nitrogen and oxygen atoms in total. The number of nitrogens with one attached hydrogen (secondary N) is 1. The number of carbonyl (C=O) groups excluding carboxylic acids is 1. The smallest absolute Gasteiger partial charge is 0.289 e. The van der Waals surface area contributed by atoms with Crippen LogP contribution in [0.4, 0.5) is 4.39 Å². The Morgan fingerprint density at radius 2 is 2.23 bits per heavy atom. The van der Waals surface area contributed by atoms with Gasteiger partial charge in [-0.05, 0) is 45.0 Å². The molecule has 120 valence electrons. The highest BCUT2D eigenvalue weighted by Crippen LogP contribution is 2.27. The minimum Gasteiger partial charge on any atom is -0.451 e. The van der Waals surface area contributed by atoms with Gasteiger partial charge in [-0.1, -0.05) is 0 Å². The number of nitrogens with zero attached hydrogens (tertiary/aromatic N) is 1. The first-order valence-electron chi connectivity index (χ1n) is 7.25. The summed E-state index contributed by atoms with van der Waals surface area (Å²) >= 11 is 0. The van der Waals surface area contributed by atoms with Crippen molar-refractivity contribution in [2.75, 3.05) is 20.1 Å². The van der Waals surface area contributed by atoms with Gasteiger partial charge in [0.15, 0.2) is 5.76 Å². The summed E-state index contributed by atoms with van der Waals surface area (Å²) in [5, 5.41) is 3.88. The van der Waals surface area contributed by atoms with Crippen LogP contribution >= 0.6 is 12.4 Å². The van der Waals surface area contributed by atoms with E-state index in [0.29, 0.717) is 34.9 Å². The normalized spacial score (nSPS) is 18.3. The molecule has 1 aromatic carbocycles. The van der Waals surface area contributed by atoms with Gasteiger partial charge >= 0.3 is 0 Å². The van der Waals surface area contributed by atoms with Crippen LogP contribution in [0.5, 0.6) is 0 Å². The van der Waals surface area contributed by atoms with Gasteiger partial charge in [-0.2, -0.15) is 0 Å². The van der Waals surface area contributed by atoms with Gasteiger partial charge in [-0.15, -0.1) is 12.4 Å². The fourth-order valence-corrected chi connectivity index (χ4v) is 2.94. The molecule has 0 radical (unpaired) electrons. The number of fused-ring (bicyclic) bond motifs is 1. The SMILES string of the molecule is CNC1CCCN(C(=O)c2oc3ccc(F)cc3c2C)C1.Cl. The number of likely N-dealkylation sites (N-methyl/N-ethyl adjacent to an activating group) is 1. The quantitative estimate of drug-likeness (QED) is 0.922. The molecule has 3 rings (SSSR count). The van der Waals surface area contributed by atoms with Crippen molar-refractivity contribution in [2.45, 2.75) is 25.8 Å². The predicted octanol–water partition coefficient (Wildman–Crippen LogP) is 3.13. The third-order valence-corrected chi connectivity index (χ3v) is 4.21. The average molecular weight is 327 g/mol. The number of rotatable bonds is 2. The van der Waals surface area contributed by atoms with Crippen molar-refractivity contribution in [3.63, 3.8) is 0 Å². The molecule has 22 heavy (non-hydrogen) atoms. The summed E-state index contributed by atoms with van der Waals surface area (Å²) in [4.78, 5) is 14.5. The van der Waals surface area contributed by atoms with E-state index in [9.17, 15) is 9.18 Å². The Labute approximate surface area is 135 Å². The zero-order chi connectivity index (χ0) is 15.0. The summed E-state index contributed by atoms with van der Waals surface area (Å²) in [5.41, 5.74) is 1.26. The maximum Gasteiger partial charge on any atom is 0.289 e. The van der Waals surface area contributed by atoms with Crippen LogP contribution in [0.2, 0.25) is 0 Å². The largest absolute Gasteiger partial charge is 0.451 e. The number of piperidine rings is 1. The van der Waals surface area contributed by atoms with E-state index in [1.165, 1.54) is 12.1 Å². The van der Waals surface area contributed by atoms with Crippen molar-refractivity contribution >= 4 is 29.3 Å². The average Bonchev–Trinajstić information content (AvgIpc) is 2.83. The summed E-state index contributed by atoms with van der Waals surface area (Å²) in [7, 11) is 1.91. The molecular formula is C16H20ClFN2O2. The van der Waals surface area contributed by atoms with Crippen LogP contribution < -0.4 is 5.32 Å². The molecule has 1 saturated heterocycles. The molecule has 1 amide bonds. The van der Waals surface area contributed by atoms with E-state index in [-0.39, 0.29) is 24.1 Å². The number of furan rings is 1. The van der Waals surface area contributed by atoms with Gasteiger partial charge in [0.2, 0.25) is 0 Å². The molecule has 1 aromatic heterocycles. The second-order valence-corrected chi connectivity index (χ2v) is 5.58. The number of amides is 1. The minimum atomic E-state index is -0.321. The van der Waals surface area contributed by atoms with Crippen LogP contribution in [0.1, 0.15) is 29.0 Å². The topological polar surface area (TPSA) is 45.5 Å². The molecule has 1 aliphatic rings. The van der Waals surface area contributed by atoms with Crippen molar-refractivity contribution < 1.29 is 13.6 Å². The van der Waals surface area contributed by atoms with Gasteiger partial charge in [0.25, 0.3) is 5.91 Å². The summed E-state index contributed by atoms with van der Waals surface area (Å²) in [6, 6.07) is 4.65. The van der Waals surface area contributed by atoms with Crippen molar-refractivity contribution in [2.24, 2.45) is 0 Å². The van der Waals surface area contributed by atoms with Crippen LogP contribution in [-0.4, -0.2) is 37.0 Å². The highest BCUT2D eigenvalue weighted by atomic mass is 35.5. The lowest BCUT2D eigenvalue weighted by atomic mass is 10.0. The predicted molar refractivity (Wildman–Crippen MR) is 86.1 cm³/mol. The van der Waals surface area contributed by atoms with Crippen LogP contribution in [0.3, 0.4) is 0 Å². The van der Waals surface area contributed by atoms with E-state index >= 15 is 0 Å². The molecular weight excluding hydrogens is 307 g/mol. The highest BCUT2D eigenvalue weighted by molar-refractivity contribution is 5.99. The molecule has 1 aliphatic heterocycles. The van der Waals surface area contributed by atoms with Crippen LogP contribution in [-0.2, 0) is 0 Å². The third kappa shape index (κ3) is 2.96. The lowest BCUT2D eigenvalue weighted by Crippen LogP contribution is -2.47. The van der Waals surface area contributed by atoms with Crippen LogP contribution in [0.15, 0.2) is 22.6 Å². The maximum absolute atomic E-state index is 13.3. The fourth-order valence-electron chi connectivity index (χ4n) is 2.94. The Morgan fingerprint density at radius 3 is 2.95 bits per heavy atom. The van der Waals surface area contributed by atoms with E-state index in [1.54, 1.807) is 13.0 Å². The molecule has 0 bridgehead atoms. The molecule has 6 heteroatoms. The zero-order valence-corrected chi connectivity index (χ0v) is 13.5. The van der Waals surface area contributed by atoms with E-state index in [0.717, 1.165) is 19.4 Å². The number of hydrogen-bond acceptors (Lipinski definition) is 3. The van der Waals surface area contributed by atoms with Gasteiger partial charge in [0, 0.05) is 30.1 Å². The van der Waals surface area contributed by atoms with Gasteiger partial charge in [0.1, 0.15) is 11.4 Å². The zero-order valence-electron chi connectivity index (χ0n) is 12.7. The molecule has 2 heterocycles. The number of benzene rings is 1. The Hall–Kier alpha value is -1.59. The highest BCUT2D eigenvalue weighted by Gasteiger charge is 2.27. The monoisotopic (exact) mass is 326 g/mol. The third-order valence-electron chi connectivity index (χ3n) is 4.21. The molecule has 1 atom stereocenters. The van der Waals surface area contributed by atoms with Gasteiger partial charge in [-0.3, -0.25) is 4.79 Å². The number of halogens is 2. The number of carbonyl (C=O) groups is 1. The summed E-state index contributed by atoms with van der Waals surface area (Å²) in [6.45, 7) is 3.22. The number of hydrogen-bond donors (Lipinski definition) is 1. The molecule has 0 spiro atoms. The molecule has 1 unspecified atom stereocenters. The Morgan fingerprint density at radius 1 is 1.45 bits per heavy atom. The first-order valence-corrected chi connectivity index (χ1v) is 7.25. The van der Waals surface area contributed by atoms with E-state index < -0.39 is 0 Å². The summed E-state index contributed by atoms with van der Waals surface area (Å²) in [6.07, 6.45) is 2.05. The number of likely N-dealkylation sites (tertiary alicyclic amines) is 1. The van der Waals surface area contributed by atoms with Gasteiger partial charge < -0.3 is 14.6 Å². The van der Waals surface area contributed by atoms with Crippen molar-refractivity contribution in [1.29, 1.82) is 0 Å². The Kier molecular flexibility index (Phi) is 5.08.